The monoisotopic (exact) mass is 407 g/mol. The molecule has 0 bridgehead atoms. The van der Waals surface area contributed by atoms with Gasteiger partial charge >= 0.3 is 6.18 Å². The van der Waals surface area contributed by atoms with E-state index < -0.39 is 17.6 Å². The summed E-state index contributed by atoms with van der Waals surface area (Å²) in [6.07, 6.45) is -0.984. The number of amides is 1. The zero-order valence-electron chi connectivity index (χ0n) is 14.2. The molecule has 1 aliphatic rings. The Labute approximate surface area is 162 Å². The molecule has 0 atom stereocenters. The highest BCUT2D eigenvalue weighted by molar-refractivity contribution is 6.32. The number of carbonyl (C=O) groups excluding carboxylic acids is 1. The summed E-state index contributed by atoms with van der Waals surface area (Å²) < 4.78 is 40.6. The molecule has 0 saturated carbocycles. The van der Waals surface area contributed by atoms with Gasteiger partial charge in [-0.2, -0.15) is 13.2 Å². The third-order valence-corrected chi connectivity index (χ3v) is 4.81. The highest BCUT2D eigenvalue weighted by atomic mass is 35.5. The van der Waals surface area contributed by atoms with Crippen molar-refractivity contribution in [3.8, 4) is 16.9 Å². The van der Waals surface area contributed by atoms with Crippen molar-refractivity contribution < 1.29 is 18.0 Å². The van der Waals surface area contributed by atoms with Gasteiger partial charge in [0.15, 0.2) is 0 Å². The van der Waals surface area contributed by atoms with Crippen LogP contribution in [-0.2, 0) is 12.6 Å². The molecule has 0 spiro atoms. The van der Waals surface area contributed by atoms with Crippen LogP contribution in [0.5, 0.6) is 0 Å². The molecule has 0 unspecified atom stereocenters. The van der Waals surface area contributed by atoms with E-state index in [1.54, 1.807) is 0 Å². The Morgan fingerprint density at radius 3 is 2.75 bits per heavy atom. The molecule has 144 valence electrons. The zero-order valence-corrected chi connectivity index (χ0v) is 15.0. The normalized spacial score (nSPS) is 13.3. The lowest BCUT2D eigenvalue weighted by Gasteiger charge is -2.13. The van der Waals surface area contributed by atoms with E-state index in [1.165, 1.54) is 23.2 Å². The van der Waals surface area contributed by atoms with E-state index in [0.29, 0.717) is 30.0 Å². The molecule has 6 nitrogen and oxygen atoms in total. The smallest absolute Gasteiger partial charge is 0.369 e. The number of alkyl halides is 3. The second-order valence-corrected chi connectivity index (χ2v) is 6.65. The Hall–Kier alpha value is -3.07. The number of rotatable bonds is 3. The maximum Gasteiger partial charge on any atom is 0.416 e. The number of fused-ring (bicyclic) bond motifs is 1. The van der Waals surface area contributed by atoms with Crippen molar-refractivity contribution in [2.24, 2.45) is 5.73 Å². The van der Waals surface area contributed by atoms with Crippen molar-refractivity contribution in [1.82, 2.24) is 14.5 Å². The van der Waals surface area contributed by atoms with Crippen molar-refractivity contribution in [3.05, 3.63) is 58.6 Å². The predicted molar refractivity (Wildman–Crippen MR) is 97.5 cm³/mol. The topological polar surface area (TPSA) is 85.8 Å². The SMILES string of the molecule is NC(=O)c1cc(-c2ncnc3c2CCN3)cn1-c1cc(C(F)(F)F)ccc1Cl. The highest BCUT2D eigenvalue weighted by Crippen LogP contribution is 2.36. The minimum absolute atomic E-state index is 0.000341. The first-order valence-electron chi connectivity index (χ1n) is 8.23. The molecule has 1 aromatic carbocycles. The molecule has 10 heteroatoms. The molecule has 3 aromatic rings. The molecule has 3 N–H and O–H groups in total. The van der Waals surface area contributed by atoms with Crippen LogP contribution < -0.4 is 11.1 Å². The fourth-order valence-electron chi connectivity index (χ4n) is 3.21. The Kier molecular flexibility index (Phi) is 4.26. The van der Waals surface area contributed by atoms with Crippen molar-refractivity contribution in [1.29, 1.82) is 0 Å². The first kappa shape index (κ1) is 18.3. The van der Waals surface area contributed by atoms with Gasteiger partial charge < -0.3 is 15.6 Å². The van der Waals surface area contributed by atoms with Gasteiger partial charge in [0.2, 0.25) is 0 Å². The van der Waals surface area contributed by atoms with Crippen LogP contribution in [-0.4, -0.2) is 27.0 Å². The molecule has 1 amide bonds. The molecule has 0 aliphatic carbocycles. The molecule has 2 aromatic heterocycles. The van der Waals surface area contributed by atoms with E-state index in [1.807, 2.05) is 0 Å². The summed E-state index contributed by atoms with van der Waals surface area (Å²) in [6.45, 7) is 0.698. The van der Waals surface area contributed by atoms with Gasteiger partial charge in [-0.1, -0.05) is 11.6 Å². The number of carbonyl (C=O) groups is 1. The molecule has 3 heterocycles. The van der Waals surface area contributed by atoms with E-state index in [2.05, 4.69) is 15.3 Å². The number of hydrogen-bond donors (Lipinski definition) is 2. The average Bonchev–Trinajstić information content (AvgIpc) is 3.28. The number of nitrogens with zero attached hydrogens (tertiary/aromatic N) is 3. The van der Waals surface area contributed by atoms with Gasteiger partial charge in [0, 0.05) is 23.9 Å². The van der Waals surface area contributed by atoms with Crippen molar-refractivity contribution >= 4 is 23.3 Å². The number of nitrogens with one attached hydrogen (secondary N) is 1. The minimum Gasteiger partial charge on any atom is -0.369 e. The van der Waals surface area contributed by atoms with E-state index in [0.717, 1.165) is 23.8 Å². The van der Waals surface area contributed by atoms with Gasteiger partial charge in [0.25, 0.3) is 5.91 Å². The van der Waals surface area contributed by atoms with Gasteiger partial charge in [0.1, 0.15) is 17.8 Å². The summed E-state index contributed by atoms with van der Waals surface area (Å²) in [6, 6.07) is 4.38. The third kappa shape index (κ3) is 3.07. The van der Waals surface area contributed by atoms with Crippen LogP contribution in [0.3, 0.4) is 0 Å². The number of aromatic nitrogens is 3. The molecular formula is C18H13ClF3N5O. The number of halogens is 4. The van der Waals surface area contributed by atoms with Gasteiger partial charge in [-0.25, -0.2) is 9.97 Å². The van der Waals surface area contributed by atoms with E-state index in [4.69, 9.17) is 17.3 Å². The van der Waals surface area contributed by atoms with Gasteiger partial charge in [-0.05, 0) is 30.7 Å². The van der Waals surface area contributed by atoms with Crippen LogP contribution in [0, 0.1) is 0 Å². The lowest BCUT2D eigenvalue weighted by Crippen LogP contribution is -2.16. The van der Waals surface area contributed by atoms with Crippen molar-refractivity contribution in [2.45, 2.75) is 12.6 Å². The third-order valence-electron chi connectivity index (χ3n) is 4.49. The Balaban J connectivity index is 1.90. The quantitative estimate of drug-likeness (QED) is 0.693. The van der Waals surface area contributed by atoms with Crippen molar-refractivity contribution in [3.63, 3.8) is 0 Å². The molecule has 4 rings (SSSR count). The molecule has 1 aliphatic heterocycles. The number of anilines is 1. The van der Waals surface area contributed by atoms with Gasteiger partial charge in [0.05, 0.1) is 22.0 Å². The highest BCUT2D eigenvalue weighted by Gasteiger charge is 2.31. The van der Waals surface area contributed by atoms with Gasteiger partial charge in [-0.3, -0.25) is 4.79 Å². The number of nitrogens with two attached hydrogens (primary N) is 1. The van der Waals surface area contributed by atoms with Crippen LogP contribution >= 0.6 is 11.6 Å². The zero-order chi connectivity index (χ0) is 20.1. The summed E-state index contributed by atoms with van der Waals surface area (Å²) in [7, 11) is 0. The molecule has 0 saturated heterocycles. The predicted octanol–water partition coefficient (Wildman–Crippen LogP) is 3.67. The molecule has 0 fully saturated rings. The van der Waals surface area contributed by atoms with E-state index in [-0.39, 0.29) is 16.4 Å². The summed E-state index contributed by atoms with van der Waals surface area (Å²) in [5.41, 5.74) is 6.55. The Morgan fingerprint density at radius 2 is 2.04 bits per heavy atom. The molecule has 28 heavy (non-hydrogen) atoms. The number of hydrogen-bond acceptors (Lipinski definition) is 4. The first-order valence-corrected chi connectivity index (χ1v) is 8.61. The largest absolute Gasteiger partial charge is 0.416 e. The van der Waals surface area contributed by atoms with Crippen LogP contribution in [0.15, 0.2) is 36.8 Å². The van der Waals surface area contributed by atoms with Crippen LogP contribution in [0.2, 0.25) is 5.02 Å². The second-order valence-electron chi connectivity index (χ2n) is 6.24. The summed E-state index contributed by atoms with van der Waals surface area (Å²) in [5, 5.41) is 3.17. The van der Waals surface area contributed by atoms with E-state index in [9.17, 15) is 18.0 Å². The fraction of sp³-hybridized carbons (Fsp3) is 0.167. The minimum atomic E-state index is -4.55. The van der Waals surface area contributed by atoms with Crippen LogP contribution in [0.25, 0.3) is 16.9 Å². The maximum atomic E-state index is 13.1. The lowest BCUT2D eigenvalue weighted by molar-refractivity contribution is -0.137. The maximum absolute atomic E-state index is 13.1. The fourth-order valence-corrected chi connectivity index (χ4v) is 3.42. The number of primary amides is 1. The Bertz CT molecular complexity index is 1090. The summed E-state index contributed by atoms with van der Waals surface area (Å²) in [4.78, 5) is 20.4. The molecule has 0 radical (unpaired) electrons. The van der Waals surface area contributed by atoms with Crippen LogP contribution in [0.4, 0.5) is 19.0 Å². The Morgan fingerprint density at radius 1 is 1.25 bits per heavy atom. The summed E-state index contributed by atoms with van der Waals surface area (Å²) in [5.74, 6) is -0.112. The van der Waals surface area contributed by atoms with E-state index >= 15 is 0 Å². The van der Waals surface area contributed by atoms with Crippen LogP contribution in [0.1, 0.15) is 21.6 Å². The first-order chi connectivity index (χ1) is 13.3. The second kappa shape index (κ2) is 6.52. The van der Waals surface area contributed by atoms with Crippen molar-refractivity contribution in [2.75, 3.05) is 11.9 Å². The standard InChI is InChI=1S/C18H13ClF3N5O/c19-12-2-1-10(18(20,21)22)6-13(12)27-7-9(5-14(27)16(23)28)15-11-3-4-24-17(11)26-8-25-15/h1-2,5-8H,3-4H2,(H2,23,28)(H,24,25,26). The number of benzene rings is 1. The average molecular weight is 408 g/mol. The molecular weight excluding hydrogens is 395 g/mol. The lowest BCUT2D eigenvalue weighted by atomic mass is 10.1. The summed E-state index contributed by atoms with van der Waals surface area (Å²) >= 11 is 6.13. The van der Waals surface area contributed by atoms with Gasteiger partial charge in [-0.15, -0.1) is 0 Å².